The van der Waals surface area contributed by atoms with Crippen LogP contribution in [0.4, 0.5) is 5.69 Å². The number of anilines is 1. The van der Waals surface area contributed by atoms with Gasteiger partial charge in [-0.05, 0) is 49.6 Å². The fraction of sp³-hybridized carbons (Fsp3) is 0.500. The maximum absolute atomic E-state index is 5.81. The van der Waals surface area contributed by atoms with Crippen LogP contribution in [0.3, 0.4) is 0 Å². The molecule has 2 N–H and O–H groups in total. The predicted molar refractivity (Wildman–Crippen MR) is 58.1 cm³/mol. The van der Waals surface area contributed by atoms with Crippen LogP contribution in [0.2, 0.25) is 0 Å². The number of hydrogen-bond acceptors (Lipinski definition) is 2. The van der Waals surface area contributed by atoms with Gasteiger partial charge in [0.15, 0.2) is 0 Å². The van der Waals surface area contributed by atoms with Crippen molar-refractivity contribution in [3.63, 3.8) is 0 Å². The first-order valence-corrected chi connectivity index (χ1v) is 5.32. The molecule has 1 aliphatic heterocycles. The second-order valence-corrected chi connectivity index (χ2v) is 4.62. The van der Waals surface area contributed by atoms with Crippen molar-refractivity contribution >= 4 is 5.69 Å². The lowest BCUT2D eigenvalue weighted by atomic mass is 9.90. The Morgan fingerprint density at radius 2 is 2.14 bits per heavy atom. The molecule has 0 bridgehead atoms. The van der Waals surface area contributed by atoms with Crippen LogP contribution < -0.4 is 5.73 Å². The van der Waals surface area contributed by atoms with Crippen molar-refractivity contribution in [2.45, 2.75) is 24.8 Å². The maximum Gasteiger partial charge on any atom is 0.0462 e. The molecule has 0 saturated heterocycles. The van der Waals surface area contributed by atoms with E-state index in [2.05, 4.69) is 24.1 Å². The number of nitrogens with two attached hydrogens (primary N) is 1. The van der Waals surface area contributed by atoms with E-state index in [0.717, 1.165) is 12.1 Å². The van der Waals surface area contributed by atoms with Gasteiger partial charge in [-0.1, -0.05) is 6.07 Å². The van der Waals surface area contributed by atoms with E-state index >= 15 is 0 Å². The highest BCUT2D eigenvalue weighted by Crippen LogP contribution is 2.53. The summed E-state index contributed by atoms with van der Waals surface area (Å²) in [5.41, 5.74) is 10.1. The zero-order chi connectivity index (χ0) is 9.76. The molecule has 1 aliphatic carbocycles. The van der Waals surface area contributed by atoms with Crippen LogP contribution in [0.25, 0.3) is 0 Å². The Morgan fingerprint density at radius 1 is 1.36 bits per heavy atom. The maximum atomic E-state index is 5.81. The Labute approximate surface area is 84.7 Å². The summed E-state index contributed by atoms with van der Waals surface area (Å²) in [6.45, 7) is 1.18. The molecule has 3 rings (SSSR count). The summed E-state index contributed by atoms with van der Waals surface area (Å²) in [5.74, 6) is 0. The quantitative estimate of drug-likeness (QED) is 0.628. The topological polar surface area (TPSA) is 29.3 Å². The Bertz CT molecular complexity index is 380. The van der Waals surface area contributed by atoms with Crippen LogP contribution in [-0.2, 0) is 12.0 Å². The molecule has 1 saturated carbocycles. The third-order valence-electron chi connectivity index (χ3n) is 3.80. The van der Waals surface area contributed by atoms with Crippen LogP contribution in [0.5, 0.6) is 0 Å². The summed E-state index contributed by atoms with van der Waals surface area (Å²) in [4.78, 5) is 2.51. The molecule has 1 fully saturated rings. The predicted octanol–water partition coefficient (Wildman–Crippen LogP) is 1.75. The first-order chi connectivity index (χ1) is 6.72. The van der Waals surface area contributed by atoms with Crippen molar-refractivity contribution in [2.75, 3.05) is 19.3 Å². The van der Waals surface area contributed by atoms with E-state index in [4.69, 9.17) is 5.73 Å². The average molecular weight is 188 g/mol. The summed E-state index contributed by atoms with van der Waals surface area (Å²) in [5, 5.41) is 0. The van der Waals surface area contributed by atoms with Gasteiger partial charge < -0.3 is 5.73 Å². The highest BCUT2D eigenvalue weighted by molar-refractivity contribution is 5.50. The first kappa shape index (κ1) is 8.30. The molecule has 0 radical (unpaired) electrons. The molecule has 2 heteroatoms. The van der Waals surface area contributed by atoms with Gasteiger partial charge in [-0.15, -0.1) is 0 Å². The zero-order valence-electron chi connectivity index (χ0n) is 8.59. The smallest absolute Gasteiger partial charge is 0.0462 e. The van der Waals surface area contributed by atoms with Gasteiger partial charge in [0, 0.05) is 17.8 Å². The minimum absolute atomic E-state index is 0.390. The van der Waals surface area contributed by atoms with Gasteiger partial charge in [-0.3, -0.25) is 4.90 Å². The fourth-order valence-corrected chi connectivity index (χ4v) is 2.75. The van der Waals surface area contributed by atoms with E-state index in [-0.39, 0.29) is 0 Å². The number of benzene rings is 1. The van der Waals surface area contributed by atoms with Crippen LogP contribution in [0.1, 0.15) is 24.0 Å². The minimum atomic E-state index is 0.390. The molecular formula is C12H16N2. The number of nitrogens with zero attached hydrogens (tertiary/aromatic N) is 1. The molecule has 0 aromatic heterocycles. The molecule has 1 aromatic carbocycles. The van der Waals surface area contributed by atoms with E-state index in [1.54, 1.807) is 0 Å². The summed E-state index contributed by atoms with van der Waals surface area (Å²) < 4.78 is 0. The lowest BCUT2D eigenvalue weighted by Crippen LogP contribution is -2.38. The molecule has 14 heavy (non-hydrogen) atoms. The Morgan fingerprint density at radius 3 is 2.86 bits per heavy atom. The van der Waals surface area contributed by atoms with Crippen molar-refractivity contribution in [1.29, 1.82) is 0 Å². The third-order valence-corrected chi connectivity index (χ3v) is 3.80. The second kappa shape index (κ2) is 2.51. The van der Waals surface area contributed by atoms with Gasteiger partial charge in [-0.25, -0.2) is 0 Å². The standard InChI is InChI=1S/C12H16N2/c1-14-7-4-9-8-10(13)2-3-11(9)12(14)5-6-12/h2-3,8H,4-7,13H2,1H3. The number of hydrogen-bond donors (Lipinski definition) is 1. The summed E-state index contributed by atoms with van der Waals surface area (Å²) in [6, 6.07) is 6.42. The largest absolute Gasteiger partial charge is 0.399 e. The van der Waals surface area contributed by atoms with E-state index in [0.29, 0.717) is 5.54 Å². The zero-order valence-corrected chi connectivity index (χ0v) is 8.59. The number of likely N-dealkylation sites (N-methyl/N-ethyl adjacent to an activating group) is 1. The highest BCUT2D eigenvalue weighted by atomic mass is 15.2. The number of fused-ring (bicyclic) bond motifs is 2. The molecule has 0 atom stereocenters. The molecule has 2 nitrogen and oxygen atoms in total. The van der Waals surface area contributed by atoms with Gasteiger partial charge >= 0.3 is 0 Å². The molecular weight excluding hydrogens is 172 g/mol. The first-order valence-electron chi connectivity index (χ1n) is 5.32. The lowest BCUT2D eigenvalue weighted by Gasteiger charge is -2.35. The van der Waals surface area contributed by atoms with E-state index < -0.39 is 0 Å². The van der Waals surface area contributed by atoms with Crippen LogP contribution in [-0.4, -0.2) is 18.5 Å². The number of nitrogen functional groups attached to an aromatic ring is 1. The Balaban J connectivity index is 2.14. The van der Waals surface area contributed by atoms with E-state index in [1.165, 1.54) is 30.5 Å². The van der Waals surface area contributed by atoms with Crippen LogP contribution in [0, 0.1) is 0 Å². The SMILES string of the molecule is CN1CCc2cc(N)ccc2C12CC2. The molecule has 0 unspecified atom stereocenters. The summed E-state index contributed by atoms with van der Waals surface area (Å²) in [6.07, 6.45) is 3.79. The summed E-state index contributed by atoms with van der Waals surface area (Å²) >= 11 is 0. The van der Waals surface area contributed by atoms with Crippen LogP contribution in [0.15, 0.2) is 18.2 Å². The van der Waals surface area contributed by atoms with Crippen molar-refractivity contribution in [3.8, 4) is 0 Å². The minimum Gasteiger partial charge on any atom is -0.399 e. The Hall–Kier alpha value is -1.02. The van der Waals surface area contributed by atoms with E-state index in [9.17, 15) is 0 Å². The normalized spacial score (nSPS) is 23.5. The van der Waals surface area contributed by atoms with Gasteiger partial charge in [0.25, 0.3) is 0 Å². The van der Waals surface area contributed by atoms with Crippen molar-refractivity contribution in [3.05, 3.63) is 29.3 Å². The summed E-state index contributed by atoms with van der Waals surface area (Å²) in [7, 11) is 2.24. The van der Waals surface area contributed by atoms with E-state index in [1.807, 2.05) is 6.07 Å². The van der Waals surface area contributed by atoms with Crippen molar-refractivity contribution < 1.29 is 0 Å². The average Bonchev–Trinajstić information content (AvgIpc) is 2.94. The van der Waals surface area contributed by atoms with Crippen molar-refractivity contribution in [1.82, 2.24) is 4.90 Å². The fourth-order valence-electron chi connectivity index (χ4n) is 2.75. The molecule has 0 amide bonds. The Kier molecular flexibility index (Phi) is 1.49. The van der Waals surface area contributed by atoms with Gasteiger partial charge in [0.2, 0.25) is 0 Å². The van der Waals surface area contributed by atoms with Gasteiger partial charge in [0.05, 0.1) is 0 Å². The van der Waals surface area contributed by atoms with Gasteiger partial charge in [-0.2, -0.15) is 0 Å². The highest BCUT2D eigenvalue weighted by Gasteiger charge is 2.50. The number of rotatable bonds is 0. The van der Waals surface area contributed by atoms with Crippen molar-refractivity contribution in [2.24, 2.45) is 0 Å². The second-order valence-electron chi connectivity index (χ2n) is 4.62. The molecule has 1 heterocycles. The molecule has 74 valence electrons. The molecule has 2 aliphatic rings. The van der Waals surface area contributed by atoms with Gasteiger partial charge in [0.1, 0.15) is 0 Å². The lowest BCUT2D eigenvalue weighted by molar-refractivity contribution is 0.208. The monoisotopic (exact) mass is 188 g/mol. The van der Waals surface area contributed by atoms with Crippen LogP contribution >= 0.6 is 0 Å². The molecule has 1 spiro atoms. The third kappa shape index (κ3) is 0.947. The molecule has 1 aromatic rings.